The van der Waals surface area contributed by atoms with Crippen LogP contribution in [0.1, 0.15) is 45.1 Å². The minimum absolute atomic E-state index is 0.00605. The number of rotatable bonds is 10. The smallest absolute Gasteiger partial charge is 0.251 e. The van der Waals surface area contributed by atoms with E-state index in [-0.39, 0.29) is 35.6 Å². The first-order chi connectivity index (χ1) is 17.6. The van der Waals surface area contributed by atoms with Crippen LogP contribution in [-0.2, 0) is 40.7 Å². The van der Waals surface area contributed by atoms with Crippen molar-refractivity contribution >= 4 is 15.7 Å². The van der Waals surface area contributed by atoms with Crippen molar-refractivity contribution in [3.63, 3.8) is 0 Å². The molecule has 0 bridgehead atoms. The second-order valence-corrected chi connectivity index (χ2v) is 11.5. The lowest BCUT2D eigenvalue weighted by Crippen LogP contribution is -2.48. The Labute approximate surface area is 215 Å². The van der Waals surface area contributed by atoms with Crippen LogP contribution in [0.15, 0.2) is 60.7 Å². The summed E-state index contributed by atoms with van der Waals surface area (Å²) >= 11 is 0. The second-order valence-electron chi connectivity index (χ2n) is 9.45. The lowest BCUT2D eigenvalue weighted by Gasteiger charge is -2.25. The lowest BCUT2D eigenvalue weighted by atomic mass is 9.99. The summed E-state index contributed by atoms with van der Waals surface area (Å²) in [6.07, 6.45) is -0.170. The number of sulfone groups is 1. The van der Waals surface area contributed by atoms with Crippen LogP contribution in [0.25, 0.3) is 0 Å². The van der Waals surface area contributed by atoms with Gasteiger partial charge in [0.25, 0.3) is 5.91 Å². The molecule has 9 heteroatoms. The number of aryl methyl sites for hydroxylation is 1. The highest BCUT2D eigenvalue weighted by Gasteiger charge is 2.27. The highest BCUT2D eigenvalue weighted by Crippen LogP contribution is 2.26. The quantitative estimate of drug-likeness (QED) is 0.375. The van der Waals surface area contributed by atoms with Gasteiger partial charge in [-0.15, -0.1) is 0 Å². The van der Waals surface area contributed by atoms with Crippen LogP contribution in [0.3, 0.4) is 0 Å². The van der Waals surface area contributed by atoms with Crippen molar-refractivity contribution in [1.29, 1.82) is 0 Å². The largest absolute Gasteiger partial charge is 0.390 e. The maximum absolute atomic E-state index is 13.8. The maximum atomic E-state index is 13.8. The molecule has 0 radical (unpaired) electrons. The van der Waals surface area contributed by atoms with E-state index in [0.717, 1.165) is 18.1 Å². The van der Waals surface area contributed by atoms with E-state index in [1.807, 2.05) is 18.2 Å². The summed E-state index contributed by atoms with van der Waals surface area (Å²) in [4.78, 5) is 13.1. The summed E-state index contributed by atoms with van der Waals surface area (Å²) in [5.74, 6) is -2.18. The molecule has 2 unspecified atom stereocenters. The van der Waals surface area contributed by atoms with Gasteiger partial charge in [0.1, 0.15) is 11.6 Å². The van der Waals surface area contributed by atoms with Gasteiger partial charge in [0, 0.05) is 24.7 Å². The fraction of sp³-hybridized carbons (Fsp3) is 0.321. The van der Waals surface area contributed by atoms with Gasteiger partial charge in [-0.05, 0) is 64.9 Å². The van der Waals surface area contributed by atoms with Gasteiger partial charge < -0.3 is 15.7 Å². The average Bonchev–Trinajstić information content (AvgIpc) is 3.16. The first-order valence-electron chi connectivity index (χ1n) is 12.2. The van der Waals surface area contributed by atoms with Crippen molar-refractivity contribution in [2.75, 3.05) is 6.54 Å². The molecule has 3 N–H and O–H groups in total. The Morgan fingerprint density at radius 1 is 0.946 bits per heavy atom. The predicted molar refractivity (Wildman–Crippen MR) is 138 cm³/mol. The van der Waals surface area contributed by atoms with Crippen LogP contribution in [0.2, 0.25) is 0 Å². The topological polar surface area (TPSA) is 95.5 Å². The molecule has 6 nitrogen and oxygen atoms in total. The van der Waals surface area contributed by atoms with E-state index >= 15 is 0 Å². The second kappa shape index (κ2) is 11.5. The fourth-order valence-corrected chi connectivity index (χ4v) is 6.15. The molecular weight excluding hydrogens is 498 g/mol. The fourth-order valence-electron chi connectivity index (χ4n) is 4.55. The SMILES string of the molecule is CCc1cccc(CNCC(O)C(Cc2cc(F)cc(F)c2)NC(=O)c2ccc3c(c2)CS(=O)(=O)C3)c1. The molecule has 4 rings (SSSR count). The van der Waals surface area contributed by atoms with Gasteiger partial charge in [-0.2, -0.15) is 0 Å². The first kappa shape index (κ1) is 26.9. The van der Waals surface area contributed by atoms with Crippen LogP contribution in [-0.4, -0.2) is 38.1 Å². The molecule has 0 saturated carbocycles. The third-order valence-electron chi connectivity index (χ3n) is 6.46. The lowest BCUT2D eigenvalue weighted by molar-refractivity contribution is 0.0829. The zero-order chi connectivity index (χ0) is 26.6. The molecule has 196 valence electrons. The van der Waals surface area contributed by atoms with Crippen molar-refractivity contribution in [2.24, 2.45) is 0 Å². The van der Waals surface area contributed by atoms with E-state index in [1.165, 1.54) is 17.7 Å². The molecule has 2 atom stereocenters. The summed E-state index contributed by atoms with van der Waals surface area (Å²) in [6.45, 7) is 2.69. The summed E-state index contributed by atoms with van der Waals surface area (Å²) < 4.78 is 51.5. The standard InChI is InChI=1S/C28H30F2N2O4S/c1-2-18-4-3-5-19(8-18)14-31-15-27(33)26(11-20-9-24(29)13-25(30)10-20)32-28(34)21-6-7-22-16-37(35,36)17-23(22)12-21/h3-10,12-13,26-27,31,33H,2,11,14-17H2,1H3,(H,32,34). The van der Waals surface area contributed by atoms with Crippen molar-refractivity contribution in [2.45, 2.75) is 50.0 Å². The van der Waals surface area contributed by atoms with Gasteiger partial charge in [0.2, 0.25) is 0 Å². The molecule has 1 heterocycles. The Kier molecular flexibility index (Phi) is 8.36. The monoisotopic (exact) mass is 528 g/mol. The molecular formula is C28H30F2N2O4S. The minimum Gasteiger partial charge on any atom is -0.390 e. The number of amides is 1. The molecule has 37 heavy (non-hydrogen) atoms. The first-order valence-corrected chi connectivity index (χ1v) is 14.0. The van der Waals surface area contributed by atoms with Gasteiger partial charge in [0.05, 0.1) is 23.7 Å². The van der Waals surface area contributed by atoms with Gasteiger partial charge in [-0.1, -0.05) is 37.3 Å². The molecule has 1 amide bonds. The van der Waals surface area contributed by atoms with Crippen molar-refractivity contribution in [3.8, 4) is 0 Å². The number of nitrogens with one attached hydrogen (secondary N) is 2. The Bertz CT molecular complexity index is 1370. The summed E-state index contributed by atoms with van der Waals surface area (Å²) in [7, 11) is -3.22. The van der Waals surface area contributed by atoms with Gasteiger partial charge >= 0.3 is 0 Å². The van der Waals surface area contributed by atoms with Crippen LogP contribution in [0.4, 0.5) is 8.78 Å². The minimum atomic E-state index is -3.22. The van der Waals surface area contributed by atoms with E-state index in [2.05, 4.69) is 23.6 Å². The number of carbonyl (C=O) groups is 1. The maximum Gasteiger partial charge on any atom is 0.251 e. The van der Waals surface area contributed by atoms with E-state index in [1.54, 1.807) is 18.2 Å². The summed E-state index contributed by atoms with van der Waals surface area (Å²) in [5.41, 5.74) is 4.03. The van der Waals surface area contributed by atoms with Crippen LogP contribution in [0.5, 0.6) is 0 Å². The van der Waals surface area contributed by atoms with Crippen LogP contribution in [0, 0.1) is 11.6 Å². The molecule has 1 aliphatic rings. The number of halogens is 2. The van der Waals surface area contributed by atoms with E-state index in [0.29, 0.717) is 17.7 Å². The van der Waals surface area contributed by atoms with Crippen LogP contribution < -0.4 is 10.6 Å². The molecule has 0 aromatic heterocycles. The molecule has 3 aromatic carbocycles. The summed E-state index contributed by atoms with van der Waals surface area (Å²) in [6, 6.07) is 15.0. The molecule has 1 aliphatic heterocycles. The van der Waals surface area contributed by atoms with Crippen molar-refractivity contribution in [3.05, 3.63) is 106 Å². The molecule has 0 spiro atoms. The number of benzene rings is 3. The third-order valence-corrected chi connectivity index (χ3v) is 7.96. The average molecular weight is 529 g/mol. The van der Waals surface area contributed by atoms with E-state index < -0.39 is 39.5 Å². The Morgan fingerprint density at radius 2 is 1.65 bits per heavy atom. The number of hydrogen-bond acceptors (Lipinski definition) is 5. The number of fused-ring (bicyclic) bond motifs is 1. The zero-order valence-electron chi connectivity index (χ0n) is 20.5. The molecule has 0 saturated heterocycles. The Morgan fingerprint density at radius 3 is 2.38 bits per heavy atom. The number of carbonyl (C=O) groups excluding carboxylic acids is 1. The third kappa shape index (κ3) is 7.21. The highest BCUT2D eigenvalue weighted by molar-refractivity contribution is 7.90. The number of aliphatic hydroxyl groups is 1. The van der Waals surface area contributed by atoms with E-state index in [9.17, 15) is 27.1 Å². The van der Waals surface area contributed by atoms with E-state index in [4.69, 9.17) is 0 Å². The van der Waals surface area contributed by atoms with Gasteiger partial charge in [-0.25, -0.2) is 17.2 Å². The van der Waals surface area contributed by atoms with Gasteiger partial charge in [-0.3, -0.25) is 4.79 Å². The zero-order valence-corrected chi connectivity index (χ0v) is 21.3. The molecule has 0 aliphatic carbocycles. The van der Waals surface area contributed by atoms with Gasteiger partial charge in [0.15, 0.2) is 9.84 Å². The Hall–Kier alpha value is -3.14. The van der Waals surface area contributed by atoms with Crippen molar-refractivity contribution < 1.29 is 27.1 Å². The van der Waals surface area contributed by atoms with Crippen LogP contribution >= 0.6 is 0 Å². The van der Waals surface area contributed by atoms with Crippen molar-refractivity contribution in [1.82, 2.24) is 10.6 Å². The predicted octanol–water partition coefficient (Wildman–Crippen LogP) is 3.45. The summed E-state index contributed by atoms with van der Waals surface area (Å²) in [5, 5.41) is 16.9. The molecule has 0 fully saturated rings. The molecule has 3 aromatic rings. The number of hydrogen-bond donors (Lipinski definition) is 3. The normalized spacial score (nSPS) is 15.7. The number of aliphatic hydroxyl groups excluding tert-OH is 1. The highest BCUT2D eigenvalue weighted by atomic mass is 32.2. The Balaban J connectivity index is 1.48.